The van der Waals surface area contributed by atoms with E-state index in [1.807, 2.05) is 13.8 Å². The third kappa shape index (κ3) is 4.72. The van der Waals surface area contributed by atoms with E-state index in [1.54, 1.807) is 0 Å². The van der Waals surface area contributed by atoms with Gasteiger partial charge in [0.1, 0.15) is 11.6 Å². The number of benzene rings is 1. The van der Waals surface area contributed by atoms with Crippen LogP contribution in [0.1, 0.15) is 32.3 Å². The summed E-state index contributed by atoms with van der Waals surface area (Å²) in [7, 11) is 0. The van der Waals surface area contributed by atoms with Gasteiger partial charge < -0.3 is 11.1 Å². The van der Waals surface area contributed by atoms with Crippen LogP contribution >= 0.6 is 12.4 Å². The van der Waals surface area contributed by atoms with Crippen LogP contribution in [0.2, 0.25) is 0 Å². The van der Waals surface area contributed by atoms with Crippen LogP contribution in [0.3, 0.4) is 0 Å². The molecule has 6 heteroatoms. The largest absolute Gasteiger partial charge is 0.349 e. The molecule has 0 aliphatic carbocycles. The lowest BCUT2D eigenvalue weighted by Crippen LogP contribution is -2.53. The summed E-state index contributed by atoms with van der Waals surface area (Å²) in [6, 6.07) is 3.09. The van der Waals surface area contributed by atoms with Crippen molar-refractivity contribution < 1.29 is 13.6 Å². The Bertz CT molecular complexity index is 443. The van der Waals surface area contributed by atoms with Crippen molar-refractivity contribution in [2.45, 2.75) is 38.6 Å². The van der Waals surface area contributed by atoms with Gasteiger partial charge >= 0.3 is 0 Å². The lowest BCUT2D eigenvalue weighted by molar-refractivity contribution is -0.122. The molecule has 1 aromatic rings. The second-order valence-corrected chi connectivity index (χ2v) is 4.65. The molecule has 0 atom stereocenters. The zero-order valence-corrected chi connectivity index (χ0v) is 12.5. The van der Waals surface area contributed by atoms with Gasteiger partial charge in [0.2, 0.25) is 5.91 Å². The fourth-order valence-corrected chi connectivity index (χ4v) is 1.96. The Morgan fingerprint density at radius 1 is 1.30 bits per heavy atom. The summed E-state index contributed by atoms with van der Waals surface area (Å²) in [6.45, 7) is 4.18. The van der Waals surface area contributed by atoms with Crippen LogP contribution in [0.5, 0.6) is 0 Å². The van der Waals surface area contributed by atoms with Gasteiger partial charge in [-0.05, 0) is 31.0 Å². The summed E-state index contributed by atoms with van der Waals surface area (Å²) in [5.74, 6) is -1.48. The van der Waals surface area contributed by atoms with E-state index in [1.165, 1.54) is 0 Å². The van der Waals surface area contributed by atoms with Gasteiger partial charge in [-0.25, -0.2) is 8.78 Å². The maximum Gasteiger partial charge on any atom is 0.225 e. The second-order valence-electron chi connectivity index (χ2n) is 4.65. The van der Waals surface area contributed by atoms with Gasteiger partial charge in [0, 0.05) is 12.1 Å². The molecule has 0 saturated heterocycles. The number of amides is 1. The minimum Gasteiger partial charge on any atom is -0.349 e. The first-order chi connectivity index (χ1) is 8.96. The van der Waals surface area contributed by atoms with E-state index in [0.717, 1.165) is 18.2 Å². The summed E-state index contributed by atoms with van der Waals surface area (Å²) in [6.07, 6.45) is 1.19. The molecule has 0 radical (unpaired) electrons. The number of rotatable bonds is 6. The zero-order chi connectivity index (χ0) is 14.5. The van der Waals surface area contributed by atoms with Crippen LogP contribution < -0.4 is 11.1 Å². The van der Waals surface area contributed by atoms with Crippen molar-refractivity contribution in [1.29, 1.82) is 0 Å². The normalized spacial score (nSPS) is 10.8. The van der Waals surface area contributed by atoms with Crippen molar-refractivity contribution in [2.75, 3.05) is 6.54 Å². The van der Waals surface area contributed by atoms with Crippen molar-refractivity contribution >= 4 is 18.3 Å². The zero-order valence-electron chi connectivity index (χ0n) is 11.7. The number of halogens is 3. The summed E-state index contributed by atoms with van der Waals surface area (Å²) < 4.78 is 26.5. The molecule has 1 amide bonds. The van der Waals surface area contributed by atoms with Gasteiger partial charge in [-0.1, -0.05) is 13.8 Å². The monoisotopic (exact) mass is 306 g/mol. The molecule has 0 bridgehead atoms. The number of nitrogens with two attached hydrogens (primary N) is 1. The first-order valence-corrected chi connectivity index (χ1v) is 6.41. The molecule has 0 unspecified atom stereocenters. The number of nitrogens with one attached hydrogen (secondary N) is 1. The lowest BCUT2D eigenvalue weighted by Gasteiger charge is -2.31. The van der Waals surface area contributed by atoms with E-state index in [4.69, 9.17) is 5.73 Å². The number of hydrogen-bond donors (Lipinski definition) is 2. The Kier molecular flexibility index (Phi) is 7.68. The molecular formula is C14H21ClF2N2O. The van der Waals surface area contributed by atoms with E-state index in [9.17, 15) is 13.6 Å². The molecule has 114 valence electrons. The van der Waals surface area contributed by atoms with Crippen molar-refractivity contribution in [3.05, 3.63) is 35.4 Å². The fourth-order valence-electron chi connectivity index (χ4n) is 1.96. The highest BCUT2D eigenvalue weighted by atomic mass is 35.5. The maximum absolute atomic E-state index is 13.4. The van der Waals surface area contributed by atoms with Crippen molar-refractivity contribution in [1.82, 2.24) is 5.32 Å². The van der Waals surface area contributed by atoms with E-state index >= 15 is 0 Å². The van der Waals surface area contributed by atoms with Crippen molar-refractivity contribution in [3.63, 3.8) is 0 Å². The highest BCUT2D eigenvalue weighted by Gasteiger charge is 2.26. The summed E-state index contributed by atoms with van der Waals surface area (Å²) in [5.41, 5.74) is 5.26. The molecule has 3 N–H and O–H groups in total. The molecule has 1 rings (SSSR count). The summed E-state index contributed by atoms with van der Waals surface area (Å²) in [5, 5.41) is 2.82. The third-order valence-electron chi connectivity index (χ3n) is 3.51. The van der Waals surface area contributed by atoms with E-state index in [0.29, 0.717) is 19.4 Å². The molecule has 0 heterocycles. The van der Waals surface area contributed by atoms with Gasteiger partial charge in [-0.3, -0.25) is 4.79 Å². The van der Waals surface area contributed by atoms with Crippen LogP contribution in [0, 0.1) is 11.6 Å². The Hall–Kier alpha value is -1.20. The molecular weight excluding hydrogens is 286 g/mol. The average molecular weight is 307 g/mol. The van der Waals surface area contributed by atoms with Crippen molar-refractivity contribution in [2.24, 2.45) is 5.73 Å². The van der Waals surface area contributed by atoms with Crippen LogP contribution in [0.25, 0.3) is 0 Å². The first-order valence-electron chi connectivity index (χ1n) is 6.41. The SMILES string of the molecule is CCC(CC)(CN)NC(=O)Cc1cc(F)ccc1F.Cl. The molecule has 0 aromatic heterocycles. The Labute approximate surface area is 124 Å². The van der Waals surface area contributed by atoms with Gasteiger partial charge in [-0.2, -0.15) is 0 Å². The van der Waals surface area contributed by atoms with Gasteiger partial charge in [0.15, 0.2) is 0 Å². The summed E-state index contributed by atoms with van der Waals surface area (Å²) in [4.78, 5) is 11.9. The van der Waals surface area contributed by atoms with Gasteiger partial charge in [0.25, 0.3) is 0 Å². The van der Waals surface area contributed by atoms with Crippen LogP contribution in [0.15, 0.2) is 18.2 Å². The Morgan fingerprint density at radius 2 is 1.90 bits per heavy atom. The van der Waals surface area contributed by atoms with Crippen LogP contribution in [-0.2, 0) is 11.2 Å². The number of carbonyl (C=O) groups is 1. The molecule has 1 aromatic carbocycles. The first kappa shape index (κ1) is 18.8. The predicted molar refractivity (Wildman–Crippen MR) is 77.8 cm³/mol. The quantitative estimate of drug-likeness (QED) is 0.848. The molecule has 20 heavy (non-hydrogen) atoms. The predicted octanol–water partition coefficient (Wildman–Crippen LogP) is 2.56. The minimum atomic E-state index is -0.581. The van der Waals surface area contributed by atoms with E-state index in [2.05, 4.69) is 5.32 Å². The highest BCUT2D eigenvalue weighted by molar-refractivity contribution is 5.85. The van der Waals surface area contributed by atoms with E-state index in [-0.39, 0.29) is 30.3 Å². The summed E-state index contributed by atoms with van der Waals surface area (Å²) >= 11 is 0. The third-order valence-corrected chi connectivity index (χ3v) is 3.51. The molecule has 0 spiro atoms. The number of hydrogen-bond acceptors (Lipinski definition) is 2. The lowest BCUT2D eigenvalue weighted by atomic mass is 9.92. The smallest absolute Gasteiger partial charge is 0.225 e. The Morgan fingerprint density at radius 3 is 2.40 bits per heavy atom. The highest BCUT2D eigenvalue weighted by Crippen LogP contribution is 2.15. The molecule has 0 fully saturated rings. The topological polar surface area (TPSA) is 55.1 Å². The van der Waals surface area contributed by atoms with Gasteiger partial charge in [-0.15, -0.1) is 12.4 Å². The Balaban J connectivity index is 0.00000361. The maximum atomic E-state index is 13.4. The molecule has 3 nitrogen and oxygen atoms in total. The molecule has 0 aliphatic rings. The fraction of sp³-hybridized carbons (Fsp3) is 0.500. The minimum absolute atomic E-state index is 0. The standard InChI is InChI=1S/C14H20F2N2O.ClH/c1-3-14(4-2,9-17)18-13(19)8-10-7-11(15)5-6-12(10)16;/h5-7H,3-4,8-9,17H2,1-2H3,(H,18,19);1H. The van der Waals surface area contributed by atoms with Crippen LogP contribution in [-0.4, -0.2) is 18.0 Å². The second kappa shape index (κ2) is 8.17. The molecule has 0 saturated carbocycles. The molecule has 0 aliphatic heterocycles. The van der Waals surface area contributed by atoms with Crippen LogP contribution in [0.4, 0.5) is 8.78 Å². The van der Waals surface area contributed by atoms with Gasteiger partial charge in [0.05, 0.1) is 12.0 Å². The van der Waals surface area contributed by atoms with E-state index < -0.39 is 17.2 Å². The number of carbonyl (C=O) groups excluding carboxylic acids is 1. The van der Waals surface area contributed by atoms with Crippen molar-refractivity contribution in [3.8, 4) is 0 Å². The average Bonchev–Trinajstić information content (AvgIpc) is 2.40.